The molecule has 0 saturated carbocycles. The minimum Gasteiger partial charge on any atom is -0.305 e. The van der Waals surface area contributed by atoms with Crippen LogP contribution in [0, 0.1) is 0 Å². The molecule has 60 valence electrons. The summed E-state index contributed by atoms with van der Waals surface area (Å²) in [5, 5.41) is 4.23. The third-order valence-electron chi connectivity index (χ3n) is 1.57. The fourth-order valence-electron chi connectivity index (χ4n) is 1.05. The van der Waals surface area contributed by atoms with E-state index >= 15 is 0 Å². The van der Waals surface area contributed by atoms with Crippen LogP contribution in [-0.2, 0) is 0 Å². The molecular weight excluding hydrogens is 162 g/mol. The molecule has 1 fully saturated rings. The second-order valence-corrected chi connectivity index (χ2v) is 5.30. The Kier molecular flexibility index (Phi) is 4.66. The van der Waals surface area contributed by atoms with Crippen LogP contribution < -0.4 is 5.32 Å². The van der Waals surface area contributed by atoms with E-state index in [9.17, 15) is 0 Å². The maximum absolute atomic E-state index is 3.50. The highest BCUT2D eigenvalue weighted by atomic mass is 33.1. The molecule has 0 aromatic heterocycles. The molecule has 1 atom stereocenters. The zero-order valence-corrected chi connectivity index (χ0v) is 8.06. The first-order valence-corrected chi connectivity index (χ1v) is 6.33. The van der Waals surface area contributed by atoms with Crippen molar-refractivity contribution < 1.29 is 0 Å². The molecule has 0 aromatic rings. The van der Waals surface area contributed by atoms with Gasteiger partial charge in [0.05, 0.1) is 5.37 Å². The Bertz CT molecular complexity index is 81.7. The summed E-state index contributed by atoms with van der Waals surface area (Å²) in [5.74, 6) is 1.23. The molecule has 1 unspecified atom stereocenters. The van der Waals surface area contributed by atoms with Crippen LogP contribution in [0.5, 0.6) is 0 Å². The van der Waals surface area contributed by atoms with Crippen LogP contribution in [0.15, 0.2) is 0 Å². The second-order valence-electron chi connectivity index (χ2n) is 2.44. The number of hydrogen-bond donors (Lipinski definition) is 1. The van der Waals surface area contributed by atoms with Gasteiger partial charge in [-0.05, 0) is 25.8 Å². The quantitative estimate of drug-likeness (QED) is 0.665. The highest BCUT2D eigenvalue weighted by Crippen LogP contribution is 2.29. The monoisotopic (exact) mass is 177 g/mol. The maximum atomic E-state index is 3.50. The molecule has 1 aliphatic heterocycles. The average Bonchev–Trinajstić information content (AvgIpc) is 2.03. The van der Waals surface area contributed by atoms with Crippen LogP contribution in [-0.4, -0.2) is 17.7 Å². The van der Waals surface area contributed by atoms with Gasteiger partial charge in [0.15, 0.2) is 0 Å². The average molecular weight is 177 g/mol. The molecule has 1 rings (SSSR count). The van der Waals surface area contributed by atoms with Gasteiger partial charge in [-0.25, -0.2) is 0 Å². The largest absolute Gasteiger partial charge is 0.305 e. The summed E-state index contributed by atoms with van der Waals surface area (Å²) in [6.07, 6.45) is 4.14. The maximum Gasteiger partial charge on any atom is 0.0636 e. The van der Waals surface area contributed by atoms with Gasteiger partial charge in [-0.15, -0.1) is 0 Å². The summed E-state index contributed by atoms with van der Waals surface area (Å²) >= 11 is 0. The lowest BCUT2D eigenvalue weighted by Crippen LogP contribution is -2.30. The molecule has 1 nitrogen and oxygen atoms in total. The Morgan fingerprint density at radius 3 is 3.00 bits per heavy atom. The van der Waals surface area contributed by atoms with Crippen LogP contribution >= 0.6 is 21.6 Å². The molecule has 1 aliphatic rings. The van der Waals surface area contributed by atoms with E-state index in [-0.39, 0.29) is 0 Å². The zero-order chi connectivity index (χ0) is 7.23. The number of rotatable bonds is 3. The smallest absolute Gasteiger partial charge is 0.0636 e. The molecule has 10 heavy (non-hydrogen) atoms. The lowest BCUT2D eigenvalue weighted by atomic mass is 10.2. The van der Waals surface area contributed by atoms with Gasteiger partial charge in [-0.1, -0.05) is 28.5 Å². The zero-order valence-electron chi connectivity index (χ0n) is 6.43. The van der Waals surface area contributed by atoms with E-state index in [1.807, 2.05) is 21.6 Å². The van der Waals surface area contributed by atoms with Gasteiger partial charge in [0.1, 0.15) is 0 Å². The Labute approximate surface area is 71.1 Å². The van der Waals surface area contributed by atoms with E-state index in [0.717, 1.165) is 5.37 Å². The normalized spacial score (nSPS) is 26.7. The molecule has 1 saturated heterocycles. The summed E-state index contributed by atoms with van der Waals surface area (Å²) < 4.78 is 0. The highest BCUT2D eigenvalue weighted by molar-refractivity contribution is 8.76. The molecule has 1 N–H and O–H groups in total. The Morgan fingerprint density at radius 2 is 2.40 bits per heavy atom. The molecule has 0 radical (unpaired) electrons. The molecular formula is C7H15NS2. The summed E-state index contributed by atoms with van der Waals surface area (Å²) in [5.41, 5.74) is 0. The van der Waals surface area contributed by atoms with Crippen molar-refractivity contribution in [2.24, 2.45) is 0 Å². The fraction of sp³-hybridized carbons (Fsp3) is 1.00. The predicted octanol–water partition coefficient (Wildman–Crippen LogP) is 2.49. The SMILES string of the molecule is CCSSC1CCCCN1. The molecule has 0 aromatic carbocycles. The van der Waals surface area contributed by atoms with Gasteiger partial charge in [0.2, 0.25) is 0 Å². The third-order valence-corrected chi connectivity index (χ3v) is 4.39. The first-order valence-electron chi connectivity index (χ1n) is 3.95. The van der Waals surface area contributed by atoms with Crippen LogP contribution in [0.3, 0.4) is 0 Å². The summed E-state index contributed by atoms with van der Waals surface area (Å²) in [4.78, 5) is 0. The minimum atomic E-state index is 0.735. The van der Waals surface area contributed by atoms with Gasteiger partial charge in [-0.2, -0.15) is 0 Å². The number of piperidine rings is 1. The van der Waals surface area contributed by atoms with E-state index in [1.54, 1.807) is 0 Å². The van der Waals surface area contributed by atoms with E-state index in [1.165, 1.54) is 31.6 Å². The van der Waals surface area contributed by atoms with Crippen molar-refractivity contribution in [3.63, 3.8) is 0 Å². The first-order chi connectivity index (χ1) is 4.93. The van der Waals surface area contributed by atoms with Crippen LogP contribution in [0.1, 0.15) is 26.2 Å². The lowest BCUT2D eigenvalue weighted by Gasteiger charge is -2.21. The second kappa shape index (κ2) is 5.33. The van der Waals surface area contributed by atoms with Crippen molar-refractivity contribution in [1.29, 1.82) is 0 Å². The molecule has 1 heterocycles. The molecule has 0 aliphatic carbocycles. The number of nitrogens with one attached hydrogen (secondary N) is 1. The first kappa shape index (κ1) is 8.75. The lowest BCUT2D eigenvalue weighted by molar-refractivity contribution is 0.493. The summed E-state index contributed by atoms with van der Waals surface area (Å²) in [7, 11) is 3.97. The Morgan fingerprint density at radius 1 is 1.50 bits per heavy atom. The van der Waals surface area contributed by atoms with Crippen molar-refractivity contribution >= 4 is 21.6 Å². The Balaban J connectivity index is 2.02. The van der Waals surface area contributed by atoms with Crippen LogP contribution in [0.2, 0.25) is 0 Å². The molecule has 0 spiro atoms. The van der Waals surface area contributed by atoms with Crippen molar-refractivity contribution in [2.75, 3.05) is 12.3 Å². The highest BCUT2D eigenvalue weighted by Gasteiger charge is 2.11. The van der Waals surface area contributed by atoms with E-state index < -0.39 is 0 Å². The van der Waals surface area contributed by atoms with E-state index in [4.69, 9.17) is 0 Å². The molecule has 3 heteroatoms. The van der Waals surface area contributed by atoms with Crippen molar-refractivity contribution in [3.8, 4) is 0 Å². The van der Waals surface area contributed by atoms with E-state index in [0.29, 0.717) is 0 Å². The summed E-state index contributed by atoms with van der Waals surface area (Å²) in [6, 6.07) is 0. The van der Waals surface area contributed by atoms with Crippen LogP contribution in [0.4, 0.5) is 0 Å². The van der Waals surface area contributed by atoms with E-state index in [2.05, 4.69) is 12.2 Å². The topological polar surface area (TPSA) is 12.0 Å². The predicted molar refractivity (Wildman–Crippen MR) is 51.4 cm³/mol. The fourth-order valence-corrected chi connectivity index (χ4v) is 3.20. The third kappa shape index (κ3) is 3.17. The van der Waals surface area contributed by atoms with Gasteiger partial charge < -0.3 is 5.32 Å². The molecule has 0 bridgehead atoms. The minimum absolute atomic E-state index is 0.735. The van der Waals surface area contributed by atoms with Gasteiger partial charge in [0, 0.05) is 5.75 Å². The van der Waals surface area contributed by atoms with Crippen molar-refractivity contribution in [2.45, 2.75) is 31.6 Å². The standard InChI is InChI=1S/C7H15NS2/c1-2-9-10-7-5-3-4-6-8-7/h7-8H,2-6H2,1H3. The van der Waals surface area contributed by atoms with Crippen LogP contribution in [0.25, 0.3) is 0 Å². The van der Waals surface area contributed by atoms with Crippen molar-refractivity contribution in [3.05, 3.63) is 0 Å². The van der Waals surface area contributed by atoms with Crippen molar-refractivity contribution in [1.82, 2.24) is 5.32 Å². The molecule has 0 amide bonds. The Hall–Kier alpha value is 0.660. The number of hydrogen-bond acceptors (Lipinski definition) is 3. The summed E-state index contributed by atoms with van der Waals surface area (Å²) in [6.45, 7) is 3.43. The van der Waals surface area contributed by atoms with Gasteiger partial charge >= 0.3 is 0 Å². The van der Waals surface area contributed by atoms with Gasteiger partial charge in [0.25, 0.3) is 0 Å². The van der Waals surface area contributed by atoms with Gasteiger partial charge in [-0.3, -0.25) is 0 Å².